The number of hydrogen-bond donors (Lipinski definition) is 0. The van der Waals surface area contributed by atoms with Gasteiger partial charge in [-0.1, -0.05) is 132 Å². The number of aryl methyl sites for hydroxylation is 2. The van der Waals surface area contributed by atoms with E-state index in [0.717, 1.165) is 11.8 Å². The van der Waals surface area contributed by atoms with Crippen LogP contribution in [0.1, 0.15) is 127 Å². The van der Waals surface area contributed by atoms with Crippen molar-refractivity contribution in [1.29, 1.82) is 0 Å². The summed E-state index contributed by atoms with van der Waals surface area (Å²) in [6.45, 7) is 27.7. The molecule has 2 aromatic carbocycles. The smallest absolute Gasteiger partial charge is 1.00 e. The molecule has 0 atom stereocenters. The van der Waals surface area contributed by atoms with Crippen LogP contribution in [0.2, 0.25) is 0 Å². The molecule has 200 valence electrons. The first kappa shape index (κ1) is 39.7. The van der Waals surface area contributed by atoms with Gasteiger partial charge in [-0.15, -0.1) is 0 Å². The van der Waals surface area contributed by atoms with Crippen molar-refractivity contribution in [3.8, 4) is 0 Å². The molecule has 0 unspecified atom stereocenters. The van der Waals surface area contributed by atoms with Crippen LogP contribution in [-0.2, 0) is 37.0 Å². The summed E-state index contributed by atoms with van der Waals surface area (Å²) in [4.78, 5) is 0. The molecule has 2 rings (SSSR count). The van der Waals surface area contributed by atoms with Gasteiger partial charge in [0.2, 0.25) is 0 Å². The molecule has 3 heteroatoms. The van der Waals surface area contributed by atoms with Gasteiger partial charge in [-0.25, -0.2) is 12.1 Å². The van der Waals surface area contributed by atoms with Crippen molar-refractivity contribution in [3.63, 3.8) is 0 Å². The zero-order valence-corrected chi connectivity index (χ0v) is 28.9. The van der Waals surface area contributed by atoms with Crippen molar-refractivity contribution in [2.75, 3.05) is 0 Å². The maximum Gasteiger partial charge on any atom is 4.00 e. The molecule has 0 saturated heterocycles. The molecule has 0 spiro atoms. The van der Waals surface area contributed by atoms with E-state index >= 15 is 0 Å². The molecule has 0 saturated carbocycles. The van der Waals surface area contributed by atoms with E-state index in [1.807, 2.05) is 0 Å². The van der Waals surface area contributed by atoms with Crippen LogP contribution in [0.3, 0.4) is 0 Å². The molecular weight excluding hydrogens is 546 g/mol. The Morgan fingerprint density at radius 2 is 0.886 bits per heavy atom. The van der Waals surface area contributed by atoms with Gasteiger partial charge >= 0.3 is 26.2 Å². The second-order valence-electron chi connectivity index (χ2n) is 11.3. The van der Waals surface area contributed by atoms with E-state index in [9.17, 15) is 0 Å². The largest absolute Gasteiger partial charge is 4.00 e. The summed E-state index contributed by atoms with van der Waals surface area (Å²) in [7, 11) is 0. The molecule has 0 aliphatic carbocycles. The van der Waals surface area contributed by atoms with Crippen LogP contribution >= 0.6 is 0 Å². The van der Waals surface area contributed by atoms with Crippen LogP contribution in [-0.4, -0.2) is 0 Å². The Bertz CT molecular complexity index is 733. The summed E-state index contributed by atoms with van der Waals surface area (Å²) < 4.78 is 0. The van der Waals surface area contributed by atoms with Gasteiger partial charge in [-0.05, 0) is 11.8 Å². The molecule has 0 N–H and O–H groups in total. The third-order valence-corrected chi connectivity index (χ3v) is 8.44. The molecule has 0 radical (unpaired) electrons. The average Bonchev–Trinajstić information content (AvgIpc) is 3.27. The summed E-state index contributed by atoms with van der Waals surface area (Å²) in [6.07, 6.45) is 7.64. The van der Waals surface area contributed by atoms with Crippen molar-refractivity contribution in [2.24, 2.45) is 11.8 Å². The second kappa shape index (κ2) is 17.6. The first-order chi connectivity index (χ1) is 14.9. The van der Waals surface area contributed by atoms with E-state index in [-0.39, 0.29) is 51.0 Å². The minimum Gasteiger partial charge on any atom is -1.00 e. The number of hydrogen-bond acceptors (Lipinski definition) is 0. The maximum absolute atomic E-state index is 2.36. The SMILES string of the molecule is CCC(CC)(CC(C)C)c1cc[c-](C)c1C.CCC(CC)(CC(C)C)c1cc[c-](C)c1C.[Cl-].[Cl-].[Zr+4]. The summed E-state index contributed by atoms with van der Waals surface area (Å²) in [5.41, 5.74) is 9.95. The van der Waals surface area contributed by atoms with Crippen LogP contribution < -0.4 is 24.8 Å². The summed E-state index contributed by atoms with van der Waals surface area (Å²) >= 11 is 0. The number of halogens is 2. The van der Waals surface area contributed by atoms with E-state index in [1.165, 1.54) is 60.8 Å². The van der Waals surface area contributed by atoms with Crippen molar-refractivity contribution in [3.05, 3.63) is 57.6 Å². The van der Waals surface area contributed by atoms with Crippen LogP contribution in [0, 0.1) is 39.5 Å². The second-order valence-corrected chi connectivity index (χ2v) is 11.3. The minimum atomic E-state index is 0. The van der Waals surface area contributed by atoms with E-state index in [1.54, 1.807) is 11.1 Å². The zero-order chi connectivity index (χ0) is 24.7. The molecule has 2 aromatic rings. The van der Waals surface area contributed by atoms with Gasteiger partial charge in [-0.2, -0.15) is 45.5 Å². The third kappa shape index (κ3) is 9.76. The fourth-order valence-electron chi connectivity index (χ4n) is 6.11. The standard InChI is InChI=1S/2C16H27.2ClH.Zr/c2*1-7-16(8-2,11-12(3)4)15-10-9-13(5)14(15)6;;;/h2*9-10,12H,7-8,11H2,1-6H3;2*1H;/q2*-1;;;+4/p-2. The summed E-state index contributed by atoms with van der Waals surface area (Å²) in [5, 5.41) is 0. The maximum atomic E-state index is 2.36. The Balaban J connectivity index is -0.000000539. The quantitative estimate of drug-likeness (QED) is 0.358. The molecule has 0 fully saturated rings. The molecule has 0 nitrogen and oxygen atoms in total. The molecule has 0 heterocycles. The first-order valence-electron chi connectivity index (χ1n) is 13.4. The molecular formula is C32H54Cl2Zr. The fraction of sp³-hybridized carbons (Fsp3) is 0.688. The van der Waals surface area contributed by atoms with Crippen LogP contribution in [0.4, 0.5) is 0 Å². The fourth-order valence-corrected chi connectivity index (χ4v) is 6.11. The Kier molecular flexibility index (Phi) is 20.0. The van der Waals surface area contributed by atoms with E-state index < -0.39 is 0 Å². The Hall–Kier alpha value is 0.163. The van der Waals surface area contributed by atoms with Gasteiger partial charge in [0.15, 0.2) is 0 Å². The first-order valence-corrected chi connectivity index (χ1v) is 13.4. The molecule has 0 aliphatic heterocycles. The van der Waals surface area contributed by atoms with Gasteiger partial charge in [-0.3, -0.25) is 0 Å². The van der Waals surface area contributed by atoms with Crippen molar-refractivity contribution in [2.45, 2.75) is 132 Å². The van der Waals surface area contributed by atoms with Crippen molar-refractivity contribution < 1.29 is 51.0 Å². The van der Waals surface area contributed by atoms with Crippen LogP contribution in [0.25, 0.3) is 0 Å². The average molecular weight is 601 g/mol. The Morgan fingerprint density at radius 3 is 1.03 bits per heavy atom. The monoisotopic (exact) mass is 598 g/mol. The van der Waals surface area contributed by atoms with Gasteiger partial charge in [0, 0.05) is 0 Å². The van der Waals surface area contributed by atoms with Gasteiger partial charge in [0.25, 0.3) is 0 Å². The Morgan fingerprint density at radius 1 is 0.629 bits per heavy atom. The predicted molar refractivity (Wildman–Crippen MR) is 146 cm³/mol. The molecule has 0 bridgehead atoms. The Labute approximate surface area is 251 Å². The van der Waals surface area contributed by atoms with E-state index in [2.05, 4.69) is 107 Å². The van der Waals surface area contributed by atoms with Crippen molar-refractivity contribution >= 4 is 0 Å². The van der Waals surface area contributed by atoms with Crippen LogP contribution in [0.15, 0.2) is 24.3 Å². The number of rotatable bonds is 10. The van der Waals surface area contributed by atoms with E-state index in [0.29, 0.717) is 10.8 Å². The van der Waals surface area contributed by atoms with Gasteiger partial charge in [0.1, 0.15) is 0 Å². The van der Waals surface area contributed by atoms with Gasteiger partial charge < -0.3 is 24.8 Å². The summed E-state index contributed by atoms with van der Waals surface area (Å²) in [5.74, 6) is 1.55. The third-order valence-electron chi connectivity index (χ3n) is 8.44. The molecule has 35 heavy (non-hydrogen) atoms. The normalized spacial score (nSPS) is 11.4. The predicted octanol–water partition coefficient (Wildman–Crippen LogP) is 4.26. The van der Waals surface area contributed by atoms with Crippen LogP contribution in [0.5, 0.6) is 0 Å². The van der Waals surface area contributed by atoms with E-state index in [4.69, 9.17) is 0 Å². The van der Waals surface area contributed by atoms with Crippen molar-refractivity contribution in [1.82, 2.24) is 0 Å². The molecule has 0 aromatic heterocycles. The summed E-state index contributed by atoms with van der Waals surface area (Å²) in [6, 6.07) is 9.29. The molecule has 0 aliphatic rings. The topological polar surface area (TPSA) is 0 Å². The molecule has 0 amide bonds. The zero-order valence-electron chi connectivity index (χ0n) is 25.0. The minimum absolute atomic E-state index is 0. The van der Waals surface area contributed by atoms with Gasteiger partial charge in [0.05, 0.1) is 0 Å².